The number of hydrogen-bond acceptors (Lipinski definition) is 3. The van der Waals surface area contributed by atoms with Crippen LogP contribution in [-0.2, 0) is 9.53 Å². The molecule has 0 aromatic heterocycles. The average Bonchev–Trinajstić information content (AvgIpc) is 2.41. The van der Waals surface area contributed by atoms with Crippen LogP contribution in [0.25, 0.3) is 10.4 Å². The van der Waals surface area contributed by atoms with E-state index in [4.69, 9.17) is 10.3 Å². The van der Waals surface area contributed by atoms with Gasteiger partial charge in [-0.25, -0.2) is 0 Å². The maximum Gasteiger partial charge on any atom is 0.305 e. The van der Waals surface area contributed by atoms with Crippen LogP contribution in [0.2, 0.25) is 0 Å². The van der Waals surface area contributed by atoms with Crippen LogP contribution < -0.4 is 0 Å². The van der Waals surface area contributed by atoms with Gasteiger partial charge in [0.25, 0.3) is 0 Å². The summed E-state index contributed by atoms with van der Waals surface area (Å²) >= 11 is 0. The summed E-state index contributed by atoms with van der Waals surface area (Å²) in [5.74, 6) is -0.0679. The van der Waals surface area contributed by atoms with Gasteiger partial charge in [0.2, 0.25) is 0 Å². The molecule has 0 unspecified atom stereocenters. The first-order chi connectivity index (χ1) is 9.70. The van der Waals surface area contributed by atoms with E-state index in [1.54, 1.807) is 0 Å². The maximum absolute atomic E-state index is 11.1. The van der Waals surface area contributed by atoms with Crippen LogP contribution >= 0.6 is 0 Å². The summed E-state index contributed by atoms with van der Waals surface area (Å²) in [7, 11) is 0. The predicted octanol–water partition coefficient (Wildman–Crippen LogP) is 5.15. The van der Waals surface area contributed by atoms with Gasteiger partial charge in [-0.1, -0.05) is 57.0 Å². The fourth-order valence-corrected chi connectivity index (χ4v) is 2.15. The highest BCUT2D eigenvalue weighted by Gasteiger charge is 2.01. The summed E-state index contributed by atoms with van der Waals surface area (Å²) in [5.41, 5.74) is 8.27. The van der Waals surface area contributed by atoms with E-state index in [2.05, 4.69) is 10.0 Å². The Morgan fingerprint density at radius 2 is 1.65 bits per heavy atom. The van der Waals surface area contributed by atoms with Crippen LogP contribution in [0.5, 0.6) is 0 Å². The molecule has 5 heteroatoms. The lowest BCUT2D eigenvalue weighted by Gasteiger charge is -2.04. The number of unbranched alkanes of at least 4 members (excludes halogenated alkanes) is 7. The van der Waals surface area contributed by atoms with E-state index in [0.29, 0.717) is 13.0 Å². The largest absolute Gasteiger partial charge is 0.466 e. The maximum atomic E-state index is 11.1. The lowest BCUT2D eigenvalue weighted by Crippen LogP contribution is -2.03. The molecule has 116 valence electrons. The number of azide groups is 1. The molecule has 5 nitrogen and oxygen atoms in total. The lowest BCUT2D eigenvalue weighted by molar-refractivity contribution is -0.143. The Balaban J connectivity index is 3.17. The Morgan fingerprint density at radius 1 is 1.10 bits per heavy atom. The van der Waals surface area contributed by atoms with Gasteiger partial charge in [-0.2, -0.15) is 0 Å². The minimum absolute atomic E-state index is 0.0679. The zero-order valence-corrected chi connectivity index (χ0v) is 13.0. The zero-order valence-electron chi connectivity index (χ0n) is 13.0. The molecule has 0 saturated heterocycles. The number of nitrogens with zero attached hydrogens (tertiary/aromatic N) is 3. The molecule has 0 aliphatic rings. The molecule has 0 saturated carbocycles. The highest BCUT2D eigenvalue weighted by atomic mass is 16.5. The number of carbonyl (C=O) groups is 1. The van der Waals surface area contributed by atoms with Crippen molar-refractivity contribution in [2.45, 2.75) is 84.1 Å². The smallest absolute Gasteiger partial charge is 0.305 e. The highest BCUT2D eigenvalue weighted by molar-refractivity contribution is 5.69. The molecule has 0 aliphatic carbocycles. The van der Waals surface area contributed by atoms with E-state index in [9.17, 15) is 4.79 Å². The van der Waals surface area contributed by atoms with E-state index in [1.807, 2.05) is 13.8 Å². The molecule has 0 rings (SSSR count). The van der Waals surface area contributed by atoms with Crippen molar-refractivity contribution < 1.29 is 9.53 Å². The van der Waals surface area contributed by atoms with E-state index in [-0.39, 0.29) is 12.0 Å². The third-order valence-electron chi connectivity index (χ3n) is 3.31. The topological polar surface area (TPSA) is 75.1 Å². The van der Waals surface area contributed by atoms with Crippen molar-refractivity contribution >= 4 is 5.97 Å². The fraction of sp³-hybridized carbons (Fsp3) is 0.933. The zero-order chi connectivity index (χ0) is 15.1. The molecular weight excluding hydrogens is 254 g/mol. The molecule has 1 atom stereocenters. The molecule has 0 heterocycles. The van der Waals surface area contributed by atoms with Gasteiger partial charge in [0.15, 0.2) is 0 Å². The van der Waals surface area contributed by atoms with Gasteiger partial charge < -0.3 is 4.74 Å². The number of carbonyl (C=O) groups excluding carboxylic acids is 1. The first-order valence-electron chi connectivity index (χ1n) is 7.90. The second-order valence-corrected chi connectivity index (χ2v) is 5.23. The summed E-state index contributed by atoms with van der Waals surface area (Å²) in [6, 6.07) is 0.128. The van der Waals surface area contributed by atoms with Gasteiger partial charge in [0.05, 0.1) is 6.61 Å². The Kier molecular flexibility index (Phi) is 13.3. The van der Waals surface area contributed by atoms with E-state index >= 15 is 0 Å². The Hall–Kier alpha value is -1.22. The van der Waals surface area contributed by atoms with Gasteiger partial charge in [-0.15, -0.1) is 0 Å². The fourth-order valence-electron chi connectivity index (χ4n) is 2.15. The van der Waals surface area contributed by atoms with Crippen LogP contribution in [-0.4, -0.2) is 18.6 Å². The number of ether oxygens (including phenoxy) is 1. The SMILES string of the molecule is CCOC(=O)CCCCCCCCCC[C@@H](C)N=[N+]=[N-]. The Morgan fingerprint density at radius 3 is 2.20 bits per heavy atom. The van der Waals surface area contributed by atoms with Crippen molar-refractivity contribution in [2.75, 3.05) is 6.61 Å². The summed E-state index contributed by atoms with van der Waals surface area (Å²) in [4.78, 5) is 13.9. The summed E-state index contributed by atoms with van der Waals surface area (Å²) in [5, 5.41) is 3.66. The molecule has 0 amide bonds. The first kappa shape index (κ1) is 18.8. The van der Waals surface area contributed by atoms with Crippen molar-refractivity contribution in [1.82, 2.24) is 0 Å². The molecular formula is C15H29N3O2. The number of hydrogen-bond donors (Lipinski definition) is 0. The molecule has 0 aliphatic heterocycles. The van der Waals surface area contributed by atoms with E-state index in [0.717, 1.165) is 25.7 Å². The standard InChI is InChI=1S/C15H29N3O2/c1-3-20-15(19)13-11-9-7-5-4-6-8-10-12-14(2)17-18-16/h14H,3-13H2,1-2H3/t14-/m1/s1. The molecule has 0 aromatic carbocycles. The Labute approximate surface area is 122 Å². The third kappa shape index (κ3) is 13.2. The quantitative estimate of drug-likeness (QED) is 0.154. The normalized spacial score (nSPS) is 11.7. The molecule has 0 aromatic rings. The summed E-state index contributed by atoms with van der Waals surface area (Å²) < 4.78 is 4.88. The van der Waals surface area contributed by atoms with Crippen LogP contribution in [0, 0.1) is 0 Å². The van der Waals surface area contributed by atoms with Crippen LogP contribution in [0.1, 0.15) is 78.1 Å². The van der Waals surface area contributed by atoms with E-state index < -0.39 is 0 Å². The van der Waals surface area contributed by atoms with Crippen molar-refractivity contribution in [3.63, 3.8) is 0 Å². The lowest BCUT2D eigenvalue weighted by atomic mass is 10.0. The minimum atomic E-state index is -0.0679. The van der Waals surface area contributed by atoms with Crippen LogP contribution in [0.3, 0.4) is 0 Å². The molecule has 0 spiro atoms. The van der Waals surface area contributed by atoms with Gasteiger partial charge in [0, 0.05) is 17.4 Å². The second-order valence-electron chi connectivity index (χ2n) is 5.23. The van der Waals surface area contributed by atoms with E-state index in [1.165, 1.54) is 32.1 Å². The summed E-state index contributed by atoms with van der Waals surface area (Å²) in [6.45, 7) is 4.28. The molecule has 20 heavy (non-hydrogen) atoms. The minimum Gasteiger partial charge on any atom is -0.466 e. The monoisotopic (exact) mass is 283 g/mol. The van der Waals surface area contributed by atoms with Gasteiger partial charge in [0.1, 0.15) is 0 Å². The summed E-state index contributed by atoms with van der Waals surface area (Å²) in [6.07, 6.45) is 10.9. The van der Waals surface area contributed by atoms with Crippen LogP contribution in [0.15, 0.2) is 5.11 Å². The van der Waals surface area contributed by atoms with Gasteiger partial charge in [-0.05, 0) is 25.3 Å². The van der Waals surface area contributed by atoms with Gasteiger partial charge in [-0.3, -0.25) is 4.79 Å². The van der Waals surface area contributed by atoms with Crippen molar-refractivity contribution in [3.05, 3.63) is 10.4 Å². The van der Waals surface area contributed by atoms with Crippen molar-refractivity contribution in [2.24, 2.45) is 5.11 Å². The van der Waals surface area contributed by atoms with Crippen molar-refractivity contribution in [3.8, 4) is 0 Å². The predicted molar refractivity (Wildman–Crippen MR) is 81.4 cm³/mol. The first-order valence-corrected chi connectivity index (χ1v) is 7.90. The highest BCUT2D eigenvalue weighted by Crippen LogP contribution is 2.12. The average molecular weight is 283 g/mol. The number of rotatable bonds is 13. The molecule has 0 radical (unpaired) electrons. The molecule has 0 fully saturated rings. The molecule has 0 N–H and O–H groups in total. The second kappa shape index (κ2) is 14.2. The number of esters is 1. The van der Waals surface area contributed by atoms with Gasteiger partial charge >= 0.3 is 5.97 Å². The van der Waals surface area contributed by atoms with Crippen molar-refractivity contribution in [1.29, 1.82) is 0 Å². The molecule has 0 bridgehead atoms. The van der Waals surface area contributed by atoms with Crippen LogP contribution in [0.4, 0.5) is 0 Å². The third-order valence-corrected chi connectivity index (χ3v) is 3.31. The Bertz CT molecular complexity index is 289.